The molecule has 122 valence electrons. The number of ether oxygens (including phenoxy) is 1. The lowest BCUT2D eigenvalue weighted by atomic mass is 9.76. The first kappa shape index (κ1) is 16.1. The van der Waals surface area contributed by atoms with E-state index in [-0.39, 0.29) is 5.41 Å². The smallest absolute Gasteiger partial charge is 0.119 e. The number of nitrogens with zero attached hydrogens (tertiary/aromatic N) is 1. The second-order valence-corrected chi connectivity index (χ2v) is 6.71. The molecule has 2 aromatic rings. The van der Waals surface area contributed by atoms with Gasteiger partial charge in [0.25, 0.3) is 0 Å². The molecule has 1 aliphatic heterocycles. The van der Waals surface area contributed by atoms with Gasteiger partial charge in [0.1, 0.15) is 5.75 Å². The Kier molecular flexibility index (Phi) is 5.02. The van der Waals surface area contributed by atoms with Gasteiger partial charge in [0.15, 0.2) is 0 Å². The minimum atomic E-state index is 0.276. The van der Waals surface area contributed by atoms with Crippen LogP contribution in [-0.4, -0.2) is 25.1 Å². The van der Waals surface area contributed by atoms with Crippen molar-refractivity contribution >= 4 is 0 Å². The van der Waals surface area contributed by atoms with Crippen LogP contribution in [0.2, 0.25) is 0 Å². The fourth-order valence-electron chi connectivity index (χ4n) is 3.95. The molecular weight excluding hydrogens is 282 g/mol. The molecule has 0 aliphatic carbocycles. The van der Waals surface area contributed by atoms with Gasteiger partial charge in [-0.2, -0.15) is 0 Å². The van der Waals surface area contributed by atoms with Crippen molar-refractivity contribution in [2.24, 2.45) is 0 Å². The second-order valence-electron chi connectivity index (χ2n) is 6.71. The minimum absolute atomic E-state index is 0.276. The monoisotopic (exact) mass is 309 g/mol. The van der Waals surface area contributed by atoms with Crippen LogP contribution in [0, 0.1) is 0 Å². The molecule has 2 nitrogen and oxygen atoms in total. The first-order valence-corrected chi connectivity index (χ1v) is 8.66. The topological polar surface area (TPSA) is 12.5 Å². The Morgan fingerprint density at radius 2 is 1.91 bits per heavy atom. The van der Waals surface area contributed by atoms with Crippen molar-refractivity contribution in [2.45, 2.75) is 38.1 Å². The molecule has 1 unspecified atom stereocenters. The molecule has 23 heavy (non-hydrogen) atoms. The average Bonchev–Trinajstić information content (AvgIpc) is 3.00. The van der Waals surface area contributed by atoms with Crippen molar-refractivity contribution in [2.75, 3.05) is 20.2 Å². The number of hydrogen-bond acceptors (Lipinski definition) is 2. The van der Waals surface area contributed by atoms with Crippen LogP contribution in [0.15, 0.2) is 54.6 Å². The SMILES string of the molecule is CCCC1(c2cccc(OC)c2)CCN(Cc2ccccc2)C1. The standard InChI is InChI=1S/C21H27NO/c1-3-12-21(19-10-7-11-20(15-19)23-2)13-14-22(17-21)16-18-8-5-4-6-9-18/h4-11,15H,3,12-14,16-17H2,1-2H3. The normalized spacial score (nSPS) is 21.5. The first-order chi connectivity index (χ1) is 11.3. The van der Waals surface area contributed by atoms with Gasteiger partial charge in [-0.15, -0.1) is 0 Å². The van der Waals surface area contributed by atoms with E-state index in [0.29, 0.717) is 0 Å². The Morgan fingerprint density at radius 3 is 2.65 bits per heavy atom. The molecule has 0 radical (unpaired) electrons. The minimum Gasteiger partial charge on any atom is -0.497 e. The highest BCUT2D eigenvalue weighted by Crippen LogP contribution is 2.40. The summed E-state index contributed by atoms with van der Waals surface area (Å²) in [5.74, 6) is 0.972. The summed E-state index contributed by atoms with van der Waals surface area (Å²) in [6, 6.07) is 19.5. The number of hydrogen-bond donors (Lipinski definition) is 0. The predicted octanol–water partition coefficient (Wildman–Crippen LogP) is 4.64. The van der Waals surface area contributed by atoms with Crippen molar-refractivity contribution in [3.8, 4) is 5.75 Å². The summed E-state index contributed by atoms with van der Waals surface area (Å²) in [6.07, 6.45) is 3.70. The molecule has 1 heterocycles. The van der Waals surface area contributed by atoms with E-state index in [1.54, 1.807) is 7.11 Å². The summed E-state index contributed by atoms with van der Waals surface area (Å²) >= 11 is 0. The third-order valence-electron chi connectivity index (χ3n) is 5.09. The van der Waals surface area contributed by atoms with E-state index in [0.717, 1.165) is 18.8 Å². The van der Waals surface area contributed by atoms with Gasteiger partial charge in [-0.25, -0.2) is 0 Å². The van der Waals surface area contributed by atoms with Crippen LogP contribution in [0.5, 0.6) is 5.75 Å². The molecule has 2 heteroatoms. The van der Waals surface area contributed by atoms with Crippen LogP contribution in [0.1, 0.15) is 37.3 Å². The molecule has 1 atom stereocenters. The molecule has 0 N–H and O–H groups in total. The van der Waals surface area contributed by atoms with Crippen LogP contribution < -0.4 is 4.74 Å². The maximum absolute atomic E-state index is 5.45. The van der Waals surface area contributed by atoms with E-state index in [4.69, 9.17) is 4.74 Å². The Hall–Kier alpha value is -1.80. The zero-order chi connectivity index (χ0) is 16.1. The van der Waals surface area contributed by atoms with Crippen LogP contribution >= 0.6 is 0 Å². The van der Waals surface area contributed by atoms with Gasteiger partial charge >= 0.3 is 0 Å². The van der Waals surface area contributed by atoms with Gasteiger partial charge < -0.3 is 4.74 Å². The van der Waals surface area contributed by atoms with Gasteiger partial charge in [0, 0.05) is 18.5 Å². The van der Waals surface area contributed by atoms with E-state index < -0.39 is 0 Å². The molecule has 1 saturated heterocycles. The van der Waals surface area contributed by atoms with Crippen LogP contribution in [0.3, 0.4) is 0 Å². The van der Waals surface area contributed by atoms with Crippen molar-refractivity contribution in [1.29, 1.82) is 0 Å². The third-order valence-corrected chi connectivity index (χ3v) is 5.09. The third kappa shape index (κ3) is 3.59. The van der Waals surface area contributed by atoms with Crippen molar-refractivity contribution in [1.82, 2.24) is 4.90 Å². The molecule has 2 aromatic carbocycles. The van der Waals surface area contributed by atoms with E-state index in [1.165, 1.54) is 36.9 Å². The Bertz CT molecular complexity index is 625. The van der Waals surface area contributed by atoms with Crippen LogP contribution in [-0.2, 0) is 12.0 Å². The van der Waals surface area contributed by atoms with Crippen molar-refractivity contribution in [3.05, 3.63) is 65.7 Å². The summed E-state index contributed by atoms with van der Waals surface area (Å²) in [7, 11) is 1.75. The Labute approximate surface area is 140 Å². The zero-order valence-electron chi connectivity index (χ0n) is 14.3. The number of likely N-dealkylation sites (tertiary alicyclic amines) is 1. The van der Waals surface area contributed by atoms with Gasteiger partial charge in [0.2, 0.25) is 0 Å². The van der Waals surface area contributed by atoms with Crippen LogP contribution in [0.25, 0.3) is 0 Å². The Balaban J connectivity index is 1.79. The lowest BCUT2D eigenvalue weighted by molar-refractivity contribution is 0.294. The summed E-state index contributed by atoms with van der Waals surface area (Å²) in [4.78, 5) is 2.60. The van der Waals surface area contributed by atoms with Crippen molar-refractivity contribution in [3.63, 3.8) is 0 Å². The Morgan fingerprint density at radius 1 is 1.09 bits per heavy atom. The maximum Gasteiger partial charge on any atom is 0.119 e. The van der Waals surface area contributed by atoms with Gasteiger partial charge in [0.05, 0.1) is 7.11 Å². The van der Waals surface area contributed by atoms with E-state index in [1.807, 2.05) is 6.07 Å². The first-order valence-electron chi connectivity index (χ1n) is 8.66. The second kappa shape index (κ2) is 7.18. The summed E-state index contributed by atoms with van der Waals surface area (Å²) in [5, 5.41) is 0. The lowest BCUT2D eigenvalue weighted by Crippen LogP contribution is -2.31. The molecule has 0 amide bonds. The molecule has 1 fully saturated rings. The number of methoxy groups -OCH3 is 1. The highest BCUT2D eigenvalue weighted by atomic mass is 16.5. The molecule has 0 saturated carbocycles. The molecule has 1 aliphatic rings. The van der Waals surface area contributed by atoms with E-state index >= 15 is 0 Å². The highest BCUT2D eigenvalue weighted by Gasteiger charge is 2.38. The summed E-state index contributed by atoms with van der Waals surface area (Å²) < 4.78 is 5.45. The summed E-state index contributed by atoms with van der Waals surface area (Å²) in [5.41, 5.74) is 3.12. The quantitative estimate of drug-likeness (QED) is 0.771. The van der Waals surface area contributed by atoms with Gasteiger partial charge in [-0.05, 0) is 42.6 Å². The highest BCUT2D eigenvalue weighted by molar-refractivity contribution is 5.35. The zero-order valence-corrected chi connectivity index (χ0v) is 14.3. The summed E-state index contributed by atoms with van der Waals surface area (Å²) in [6.45, 7) is 5.66. The number of rotatable bonds is 6. The van der Waals surface area contributed by atoms with Gasteiger partial charge in [-0.3, -0.25) is 4.90 Å². The maximum atomic E-state index is 5.45. The lowest BCUT2D eigenvalue weighted by Gasteiger charge is -2.30. The molecule has 3 rings (SSSR count). The average molecular weight is 309 g/mol. The fourth-order valence-corrected chi connectivity index (χ4v) is 3.95. The molecule has 0 spiro atoms. The largest absolute Gasteiger partial charge is 0.497 e. The molecular formula is C21H27NO. The van der Waals surface area contributed by atoms with E-state index in [2.05, 4.69) is 60.4 Å². The predicted molar refractivity (Wildman–Crippen MR) is 95.9 cm³/mol. The van der Waals surface area contributed by atoms with E-state index in [9.17, 15) is 0 Å². The number of benzene rings is 2. The van der Waals surface area contributed by atoms with Crippen molar-refractivity contribution < 1.29 is 4.74 Å². The molecule has 0 aromatic heterocycles. The fraction of sp³-hybridized carbons (Fsp3) is 0.429. The van der Waals surface area contributed by atoms with Gasteiger partial charge in [-0.1, -0.05) is 55.8 Å². The van der Waals surface area contributed by atoms with Crippen LogP contribution in [0.4, 0.5) is 0 Å². The molecule has 0 bridgehead atoms.